The summed E-state index contributed by atoms with van der Waals surface area (Å²) in [5.74, 6) is -3.17. The molecule has 2 aromatic carbocycles. The molecule has 2 rings (SSSR count). The highest BCUT2D eigenvalue weighted by molar-refractivity contribution is 5.83. The van der Waals surface area contributed by atoms with Gasteiger partial charge in [-0.2, -0.15) is 0 Å². The predicted octanol–water partition coefficient (Wildman–Crippen LogP) is 3.90. The van der Waals surface area contributed by atoms with E-state index in [4.69, 9.17) is 14.9 Å². The van der Waals surface area contributed by atoms with Gasteiger partial charge in [-0.1, -0.05) is 60.7 Å². The highest BCUT2D eigenvalue weighted by atomic mass is 16.6. The standard InChI is InChI=1S/C14H18O4.C8H8O2/c1-14(2,3)18-12(15)9-11(13(16)17)10-7-5-4-6-8-10;9-8(10)6-7-4-2-1-3-5-7/h4-8,11H,9H2,1-3H3,(H,16,17);1-5H,6H2,(H,9,10). The lowest BCUT2D eigenvalue weighted by atomic mass is 9.96. The van der Waals surface area contributed by atoms with Gasteiger partial charge in [0.25, 0.3) is 0 Å². The minimum Gasteiger partial charge on any atom is -0.481 e. The lowest BCUT2D eigenvalue weighted by molar-refractivity contribution is -0.158. The first-order valence-corrected chi connectivity index (χ1v) is 8.84. The van der Waals surface area contributed by atoms with Gasteiger partial charge >= 0.3 is 17.9 Å². The summed E-state index contributed by atoms with van der Waals surface area (Å²) in [6.07, 6.45) is -0.0442. The lowest BCUT2D eigenvalue weighted by Gasteiger charge is -2.21. The zero-order valence-electron chi connectivity index (χ0n) is 16.3. The molecule has 0 aromatic heterocycles. The smallest absolute Gasteiger partial charge is 0.311 e. The van der Waals surface area contributed by atoms with Crippen molar-refractivity contribution in [1.82, 2.24) is 0 Å². The quantitative estimate of drug-likeness (QED) is 0.730. The van der Waals surface area contributed by atoms with Crippen LogP contribution in [0.5, 0.6) is 0 Å². The summed E-state index contributed by atoms with van der Waals surface area (Å²) in [4.78, 5) is 33.0. The van der Waals surface area contributed by atoms with Gasteiger partial charge in [0, 0.05) is 0 Å². The summed E-state index contributed by atoms with van der Waals surface area (Å²) in [5.41, 5.74) is 0.849. The molecule has 0 radical (unpaired) electrons. The molecule has 0 heterocycles. The molecular formula is C22H26O6. The number of carbonyl (C=O) groups is 3. The second kappa shape index (κ2) is 10.9. The van der Waals surface area contributed by atoms with Gasteiger partial charge in [0.2, 0.25) is 0 Å². The monoisotopic (exact) mass is 386 g/mol. The Morgan fingerprint density at radius 1 is 0.893 bits per heavy atom. The molecule has 6 nitrogen and oxygen atoms in total. The maximum Gasteiger partial charge on any atom is 0.311 e. The molecule has 0 aliphatic rings. The van der Waals surface area contributed by atoms with Crippen LogP contribution in [-0.4, -0.2) is 33.7 Å². The van der Waals surface area contributed by atoms with E-state index in [1.54, 1.807) is 63.2 Å². The zero-order chi connectivity index (χ0) is 21.2. The molecule has 2 N–H and O–H groups in total. The first-order chi connectivity index (χ1) is 13.1. The third kappa shape index (κ3) is 9.52. The van der Waals surface area contributed by atoms with Gasteiger partial charge in [0.05, 0.1) is 18.8 Å². The normalized spacial score (nSPS) is 11.5. The van der Waals surface area contributed by atoms with E-state index in [9.17, 15) is 14.4 Å². The molecule has 1 atom stereocenters. The fourth-order valence-electron chi connectivity index (χ4n) is 2.35. The van der Waals surface area contributed by atoms with Crippen molar-refractivity contribution in [1.29, 1.82) is 0 Å². The van der Waals surface area contributed by atoms with E-state index in [2.05, 4.69) is 0 Å². The second-order valence-electron chi connectivity index (χ2n) is 7.15. The van der Waals surface area contributed by atoms with Crippen LogP contribution in [-0.2, 0) is 25.5 Å². The number of benzene rings is 2. The SMILES string of the molecule is CC(C)(C)OC(=O)CC(C(=O)O)c1ccccc1.O=C(O)Cc1ccccc1. The molecule has 0 aliphatic carbocycles. The average molecular weight is 386 g/mol. The molecule has 1 unspecified atom stereocenters. The highest BCUT2D eigenvalue weighted by Crippen LogP contribution is 2.21. The Labute approximate surface area is 164 Å². The number of rotatable bonds is 6. The summed E-state index contributed by atoms with van der Waals surface area (Å²) >= 11 is 0. The number of aliphatic carboxylic acids is 2. The Morgan fingerprint density at radius 3 is 1.82 bits per heavy atom. The largest absolute Gasteiger partial charge is 0.481 e. The molecule has 0 spiro atoms. The molecule has 0 saturated carbocycles. The summed E-state index contributed by atoms with van der Waals surface area (Å²) in [7, 11) is 0. The van der Waals surface area contributed by atoms with Crippen LogP contribution in [0.2, 0.25) is 0 Å². The van der Waals surface area contributed by atoms with E-state index in [1.807, 2.05) is 18.2 Å². The number of esters is 1. The van der Waals surface area contributed by atoms with Gasteiger partial charge in [0.1, 0.15) is 5.60 Å². The summed E-state index contributed by atoms with van der Waals surface area (Å²) in [6.45, 7) is 5.26. The molecule has 0 saturated heterocycles. The molecule has 2 aromatic rings. The predicted molar refractivity (Wildman–Crippen MR) is 105 cm³/mol. The van der Waals surface area contributed by atoms with Crippen LogP contribution in [0, 0.1) is 0 Å². The molecule has 28 heavy (non-hydrogen) atoms. The van der Waals surface area contributed by atoms with E-state index >= 15 is 0 Å². The van der Waals surface area contributed by atoms with Crippen molar-refractivity contribution >= 4 is 17.9 Å². The number of carboxylic acids is 2. The second-order valence-corrected chi connectivity index (χ2v) is 7.15. The van der Waals surface area contributed by atoms with Crippen LogP contribution in [0.4, 0.5) is 0 Å². The molecule has 150 valence electrons. The lowest BCUT2D eigenvalue weighted by Crippen LogP contribution is -2.26. The van der Waals surface area contributed by atoms with Gasteiger partial charge < -0.3 is 14.9 Å². The van der Waals surface area contributed by atoms with Gasteiger partial charge in [-0.25, -0.2) is 0 Å². The molecule has 0 amide bonds. The minimum atomic E-state index is -1.02. The number of hydrogen-bond donors (Lipinski definition) is 2. The van der Waals surface area contributed by atoms with Crippen molar-refractivity contribution in [3.8, 4) is 0 Å². The molecule has 0 aliphatic heterocycles. The molecule has 0 bridgehead atoms. The summed E-state index contributed by atoms with van der Waals surface area (Å²) in [6, 6.07) is 17.8. The molecular weight excluding hydrogens is 360 g/mol. The summed E-state index contributed by atoms with van der Waals surface area (Å²) in [5, 5.41) is 17.5. The summed E-state index contributed by atoms with van der Waals surface area (Å²) < 4.78 is 5.14. The van der Waals surface area contributed by atoms with E-state index in [-0.39, 0.29) is 12.8 Å². The minimum absolute atomic E-state index is 0.112. The van der Waals surface area contributed by atoms with Crippen molar-refractivity contribution in [2.75, 3.05) is 0 Å². The van der Waals surface area contributed by atoms with Crippen LogP contribution < -0.4 is 0 Å². The van der Waals surface area contributed by atoms with Crippen molar-refractivity contribution in [3.05, 3.63) is 71.8 Å². The Kier molecular flexibility index (Phi) is 8.88. The Hall–Kier alpha value is -3.15. The third-order valence-electron chi connectivity index (χ3n) is 3.49. The Morgan fingerprint density at radius 2 is 1.39 bits per heavy atom. The van der Waals surface area contributed by atoms with Crippen molar-refractivity contribution in [2.45, 2.75) is 45.1 Å². The van der Waals surface area contributed by atoms with Crippen molar-refractivity contribution < 1.29 is 29.3 Å². The van der Waals surface area contributed by atoms with E-state index < -0.39 is 29.4 Å². The van der Waals surface area contributed by atoms with Crippen LogP contribution in [0.3, 0.4) is 0 Å². The maximum absolute atomic E-state index is 11.7. The molecule has 0 fully saturated rings. The van der Waals surface area contributed by atoms with Gasteiger partial charge in [-0.15, -0.1) is 0 Å². The fourth-order valence-corrected chi connectivity index (χ4v) is 2.35. The first-order valence-electron chi connectivity index (χ1n) is 8.84. The van der Waals surface area contributed by atoms with Crippen LogP contribution in [0.25, 0.3) is 0 Å². The first kappa shape index (κ1) is 22.9. The number of ether oxygens (including phenoxy) is 1. The molecule has 6 heteroatoms. The Balaban J connectivity index is 0.000000330. The average Bonchev–Trinajstić information content (AvgIpc) is 2.59. The van der Waals surface area contributed by atoms with Crippen molar-refractivity contribution in [2.24, 2.45) is 0 Å². The van der Waals surface area contributed by atoms with E-state index in [1.165, 1.54) is 0 Å². The number of carboxylic acid groups (broad SMARTS) is 2. The van der Waals surface area contributed by atoms with Gasteiger partial charge in [-0.05, 0) is 31.9 Å². The maximum atomic E-state index is 11.7. The topological polar surface area (TPSA) is 101 Å². The zero-order valence-corrected chi connectivity index (χ0v) is 16.3. The number of hydrogen-bond acceptors (Lipinski definition) is 4. The third-order valence-corrected chi connectivity index (χ3v) is 3.49. The highest BCUT2D eigenvalue weighted by Gasteiger charge is 2.26. The van der Waals surface area contributed by atoms with E-state index in [0.29, 0.717) is 5.56 Å². The Bertz CT molecular complexity index is 763. The van der Waals surface area contributed by atoms with E-state index in [0.717, 1.165) is 5.56 Å². The van der Waals surface area contributed by atoms with Gasteiger partial charge in [0.15, 0.2) is 0 Å². The van der Waals surface area contributed by atoms with Crippen LogP contribution in [0.1, 0.15) is 44.2 Å². The fraction of sp³-hybridized carbons (Fsp3) is 0.318. The number of carbonyl (C=O) groups excluding carboxylic acids is 1. The van der Waals surface area contributed by atoms with Crippen molar-refractivity contribution in [3.63, 3.8) is 0 Å². The van der Waals surface area contributed by atoms with Gasteiger partial charge in [-0.3, -0.25) is 14.4 Å². The van der Waals surface area contributed by atoms with Crippen LogP contribution >= 0.6 is 0 Å². The van der Waals surface area contributed by atoms with Crippen LogP contribution in [0.15, 0.2) is 60.7 Å².